The third kappa shape index (κ3) is 3.97. The van der Waals surface area contributed by atoms with Crippen LogP contribution in [0.4, 0.5) is 0 Å². The zero-order chi connectivity index (χ0) is 8.15. The fourth-order valence-electron chi connectivity index (χ4n) is 1.25. The van der Waals surface area contributed by atoms with Crippen molar-refractivity contribution in [2.45, 2.75) is 40.4 Å². The van der Waals surface area contributed by atoms with Crippen molar-refractivity contribution in [2.75, 3.05) is 0 Å². The molecule has 1 atom stereocenters. The Morgan fingerprint density at radius 2 is 1.60 bits per heavy atom. The molecule has 2 radical (unpaired) electrons. The van der Waals surface area contributed by atoms with Crippen molar-refractivity contribution in [3.8, 4) is 0 Å². The van der Waals surface area contributed by atoms with Crippen LogP contribution in [-0.2, 0) is 0 Å². The van der Waals surface area contributed by atoms with Gasteiger partial charge >= 0.3 is 0 Å². The highest BCUT2D eigenvalue weighted by atomic mass is 14.2. The van der Waals surface area contributed by atoms with Crippen molar-refractivity contribution in [2.24, 2.45) is 17.8 Å². The van der Waals surface area contributed by atoms with E-state index in [1.807, 2.05) is 0 Å². The molecule has 0 amide bonds. The second kappa shape index (κ2) is 4.82. The SMILES string of the molecule is [B]C[C@H](CC(C)C)C(C)C. The largest absolute Gasteiger partial charge is 0.0857 e. The van der Waals surface area contributed by atoms with Crippen LogP contribution in [0.2, 0.25) is 6.32 Å². The first-order chi connectivity index (χ1) is 4.57. The lowest BCUT2D eigenvalue weighted by molar-refractivity contribution is 0.344. The van der Waals surface area contributed by atoms with Crippen LogP contribution in [0.1, 0.15) is 34.1 Å². The molecule has 0 unspecified atom stereocenters. The maximum absolute atomic E-state index is 5.62. The van der Waals surface area contributed by atoms with Crippen molar-refractivity contribution in [3.63, 3.8) is 0 Å². The second-order valence-corrected chi connectivity index (χ2v) is 3.87. The van der Waals surface area contributed by atoms with Crippen LogP contribution in [0.15, 0.2) is 0 Å². The number of rotatable bonds is 4. The van der Waals surface area contributed by atoms with E-state index in [0.29, 0.717) is 0 Å². The summed E-state index contributed by atoms with van der Waals surface area (Å²) in [6, 6.07) is 0. The van der Waals surface area contributed by atoms with E-state index in [4.69, 9.17) is 7.85 Å². The van der Waals surface area contributed by atoms with Gasteiger partial charge in [0.05, 0.1) is 7.85 Å². The summed E-state index contributed by atoms with van der Waals surface area (Å²) < 4.78 is 0. The van der Waals surface area contributed by atoms with E-state index in [9.17, 15) is 0 Å². The predicted octanol–water partition coefficient (Wildman–Crippen LogP) is 2.89. The lowest BCUT2D eigenvalue weighted by Crippen LogP contribution is -2.10. The van der Waals surface area contributed by atoms with E-state index in [0.717, 1.165) is 24.1 Å². The van der Waals surface area contributed by atoms with Gasteiger partial charge in [-0.3, -0.25) is 0 Å². The van der Waals surface area contributed by atoms with Crippen LogP contribution in [0.25, 0.3) is 0 Å². The zero-order valence-corrected chi connectivity index (χ0v) is 7.72. The van der Waals surface area contributed by atoms with Crippen LogP contribution in [0, 0.1) is 17.8 Å². The summed E-state index contributed by atoms with van der Waals surface area (Å²) >= 11 is 0. The summed E-state index contributed by atoms with van der Waals surface area (Å²) in [5, 5.41) is 0. The molecule has 0 saturated carbocycles. The summed E-state index contributed by atoms with van der Waals surface area (Å²) in [6.07, 6.45) is 2.12. The third-order valence-corrected chi connectivity index (χ3v) is 2.02. The standard InChI is InChI=1S/C9H19B/c1-7(2)5-9(6-10)8(3)4/h7-9H,5-6H2,1-4H3/t9-/m0/s1. The van der Waals surface area contributed by atoms with Gasteiger partial charge in [0.25, 0.3) is 0 Å². The molecule has 0 bridgehead atoms. The summed E-state index contributed by atoms with van der Waals surface area (Å²) in [5.74, 6) is 2.25. The normalized spacial score (nSPS) is 14.6. The maximum Gasteiger partial charge on any atom is 0.0656 e. The summed E-state index contributed by atoms with van der Waals surface area (Å²) in [7, 11) is 5.62. The Bertz CT molecular complexity index is 76.8. The Morgan fingerprint density at radius 3 is 1.70 bits per heavy atom. The van der Waals surface area contributed by atoms with Crippen molar-refractivity contribution >= 4 is 7.85 Å². The zero-order valence-electron chi connectivity index (χ0n) is 7.72. The molecule has 10 heavy (non-hydrogen) atoms. The van der Waals surface area contributed by atoms with E-state index < -0.39 is 0 Å². The molecule has 0 spiro atoms. The molecule has 1 heteroatoms. The molecular formula is C9H19B. The first-order valence-electron chi connectivity index (χ1n) is 4.28. The highest BCUT2D eigenvalue weighted by Crippen LogP contribution is 2.22. The average molecular weight is 138 g/mol. The molecule has 0 aliphatic rings. The van der Waals surface area contributed by atoms with Crippen LogP contribution in [-0.4, -0.2) is 7.85 Å². The summed E-state index contributed by atoms with van der Waals surface area (Å²) in [5.41, 5.74) is 0. The van der Waals surface area contributed by atoms with Gasteiger partial charge in [0.15, 0.2) is 0 Å². The summed E-state index contributed by atoms with van der Waals surface area (Å²) in [6.45, 7) is 9.01. The molecular weight excluding hydrogens is 119 g/mol. The minimum Gasteiger partial charge on any atom is -0.0857 e. The molecule has 0 N–H and O–H groups in total. The van der Waals surface area contributed by atoms with Crippen LogP contribution in [0.5, 0.6) is 0 Å². The molecule has 58 valence electrons. The van der Waals surface area contributed by atoms with Crippen LogP contribution in [0.3, 0.4) is 0 Å². The van der Waals surface area contributed by atoms with Crippen molar-refractivity contribution in [1.29, 1.82) is 0 Å². The maximum atomic E-state index is 5.62. The first-order valence-corrected chi connectivity index (χ1v) is 4.28. The minimum atomic E-state index is 0.722. The Morgan fingerprint density at radius 1 is 1.10 bits per heavy atom. The quantitative estimate of drug-likeness (QED) is 0.524. The van der Waals surface area contributed by atoms with E-state index in [-0.39, 0.29) is 0 Å². The average Bonchev–Trinajstić information content (AvgIpc) is 1.81. The van der Waals surface area contributed by atoms with E-state index in [1.165, 1.54) is 6.42 Å². The van der Waals surface area contributed by atoms with Gasteiger partial charge in [0.2, 0.25) is 0 Å². The smallest absolute Gasteiger partial charge is 0.0656 e. The molecule has 0 aromatic carbocycles. The van der Waals surface area contributed by atoms with Crippen LogP contribution < -0.4 is 0 Å². The van der Waals surface area contributed by atoms with Gasteiger partial charge in [-0.15, -0.1) is 0 Å². The van der Waals surface area contributed by atoms with E-state index >= 15 is 0 Å². The van der Waals surface area contributed by atoms with Crippen molar-refractivity contribution in [3.05, 3.63) is 0 Å². The Balaban J connectivity index is 3.60. The van der Waals surface area contributed by atoms with Crippen molar-refractivity contribution in [1.82, 2.24) is 0 Å². The Labute approximate surface area is 66.8 Å². The van der Waals surface area contributed by atoms with E-state index in [2.05, 4.69) is 27.7 Å². The van der Waals surface area contributed by atoms with Gasteiger partial charge in [-0.2, -0.15) is 0 Å². The molecule has 0 fully saturated rings. The minimum absolute atomic E-state index is 0.722. The van der Waals surface area contributed by atoms with E-state index in [1.54, 1.807) is 0 Å². The van der Waals surface area contributed by atoms with Gasteiger partial charge in [0, 0.05) is 0 Å². The predicted molar refractivity (Wildman–Crippen MR) is 48.3 cm³/mol. The van der Waals surface area contributed by atoms with Gasteiger partial charge in [-0.25, -0.2) is 0 Å². The molecule has 0 saturated heterocycles. The van der Waals surface area contributed by atoms with Crippen LogP contribution >= 0.6 is 0 Å². The Kier molecular flexibility index (Phi) is 4.85. The first kappa shape index (κ1) is 10.1. The molecule has 0 nitrogen and oxygen atoms in total. The molecule has 0 aromatic heterocycles. The Hall–Kier alpha value is 0.0649. The molecule has 0 aromatic rings. The highest BCUT2D eigenvalue weighted by molar-refractivity contribution is 6.08. The van der Waals surface area contributed by atoms with Gasteiger partial charge < -0.3 is 0 Å². The van der Waals surface area contributed by atoms with Gasteiger partial charge in [-0.05, 0) is 24.2 Å². The third-order valence-electron chi connectivity index (χ3n) is 2.02. The van der Waals surface area contributed by atoms with Gasteiger partial charge in [0.1, 0.15) is 0 Å². The number of hydrogen-bond donors (Lipinski definition) is 0. The molecule has 0 rings (SSSR count). The fourth-order valence-corrected chi connectivity index (χ4v) is 1.25. The lowest BCUT2D eigenvalue weighted by atomic mass is 9.78. The molecule has 0 aliphatic heterocycles. The van der Waals surface area contributed by atoms with Crippen molar-refractivity contribution < 1.29 is 0 Å². The monoisotopic (exact) mass is 138 g/mol. The fraction of sp³-hybridized carbons (Fsp3) is 1.00. The highest BCUT2D eigenvalue weighted by Gasteiger charge is 2.11. The summed E-state index contributed by atoms with van der Waals surface area (Å²) in [4.78, 5) is 0. The number of hydrogen-bond acceptors (Lipinski definition) is 0. The van der Waals surface area contributed by atoms with Gasteiger partial charge in [-0.1, -0.05) is 34.0 Å². The second-order valence-electron chi connectivity index (χ2n) is 3.87. The topological polar surface area (TPSA) is 0 Å². The molecule has 0 aliphatic carbocycles. The lowest BCUT2D eigenvalue weighted by Gasteiger charge is -2.20. The molecule has 0 heterocycles.